The predicted octanol–water partition coefficient (Wildman–Crippen LogP) is 2.07. The molecule has 0 aliphatic rings. The topological polar surface area (TPSA) is 48.1 Å². The van der Waals surface area contributed by atoms with Crippen LogP contribution in [0, 0.1) is 6.92 Å². The number of aryl methyl sites for hydroxylation is 2. The summed E-state index contributed by atoms with van der Waals surface area (Å²) in [6.45, 7) is 6.05. The van der Waals surface area contributed by atoms with Crippen molar-refractivity contribution in [1.29, 1.82) is 0 Å². The van der Waals surface area contributed by atoms with Crippen LogP contribution in [0.4, 0.5) is 0 Å². The monoisotopic (exact) mass is 208 g/mol. The molecule has 1 rings (SSSR count). The van der Waals surface area contributed by atoms with Gasteiger partial charge in [0.05, 0.1) is 7.11 Å². The van der Waals surface area contributed by atoms with E-state index in [9.17, 15) is 0 Å². The SMILES string of the molecule is COc1cc(CCC(C)(C)N)cc(C)n1. The molecule has 0 aliphatic carbocycles. The molecule has 0 radical (unpaired) electrons. The quantitative estimate of drug-likeness (QED) is 0.824. The first-order chi connectivity index (χ1) is 6.90. The molecule has 0 saturated carbocycles. The number of nitrogens with two attached hydrogens (primary N) is 1. The minimum absolute atomic E-state index is 0.121. The van der Waals surface area contributed by atoms with Crippen molar-refractivity contribution in [3.63, 3.8) is 0 Å². The molecule has 2 N–H and O–H groups in total. The van der Waals surface area contributed by atoms with Gasteiger partial charge in [-0.05, 0) is 45.2 Å². The molecule has 3 heteroatoms. The largest absolute Gasteiger partial charge is 0.481 e. The van der Waals surface area contributed by atoms with Crippen molar-refractivity contribution in [3.05, 3.63) is 23.4 Å². The lowest BCUT2D eigenvalue weighted by molar-refractivity contribution is 0.395. The average Bonchev–Trinajstić information content (AvgIpc) is 2.13. The van der Waals surface area contributed by atoms with Gasteiger partial charge in [0.25, 0.3) is 0 Å². The van der Waals surface area contributed by atoms with Gasteiger partial charge < -0.3 is 10.5 Å². The Morgan fingerprint density at radius 1 is 1.40 bits per heavy atom. The van der Waals surface area contributed by atoms with Crippen LogP contribution in [-0.2, 0) is 6.42 Å². The molecular weight excluding hydrogens is 188 g/mol. The first-order valence-electron chi connectivity index (χ1n) is 5.21. The summed E-state index contributed by atoms with van der Waals surface area (Å²) >= 11 is 0. The van der Waals surface area contributed by atoms with Gasteiger partial charge in [0.2, 0.25) is 5.88 Å². The molecular formula is C12H20N2O. The number of pyridine rings is 1. The Hall–Kier alpha value is -1.09. The highest BCUT2D eigenvalue weighted by Gasteiger charge is 2.11. The van der Waals surface area contributed by atoms with Gasteiger partial charge in [-0.3, -0.25) is 0 Å². The molecule has 0 unspecified atom stereocenters. The lowest BCUT2D eigenvalue weighted by atomic mass is 9.97. The molecule has 0 atom stereocenters. The third-order valence-corrected chi connectivity index (χ3v) is 2.26. The third-order valence-electron chi connectivity index (χ3n) is 2.26. The number of nitrogens with zero attached hydrogens (tertiary/aromatic N) is 1. The summed E-state index contributed by atoms with van der Waals surface area (Å²) in [6, 6.07) is 4.05. The van der Waals surface area contributed by atoms with Crippen molar-refractivity contribution in [1.82, 2.24) is 4.98 Å². The lowest BCUT2D eigenvalue weighted by Gasteiger charge is -2.18. The fourth-order valence-electron chi connectivity index (χ4n) is 1.42. The van der Waals surface area contributed by atoms with Gasteiger partial charge in [-0.2, -0.15) is 0 Å². The fraction of sp³-hybridized carbons (Fsp3) is 0.583. The number of methoxy groups -OCH3 is 1. The lowest BCUT2D eigenvalue weighted by Crippen LogP contribution is -2.32. The minimum Gasteiger partial charge on any atom is -0.481 e. The first kappa shape index (κ1) is 12.0. The molecule has 0 bridgehead atoms. The average molecular weight is 208 g/mol. The number of rotatable bonds is 4. The van der Waals surface area contributed by atoms with Crippen LogP contribution in [-0.4, -0.2) is 17.6 Å². The first-order valence-corrected chi connectivity index (χ1v) is 5.21. The number of ether oxygens (including phenoxy) is 1. The number of aromatic nitrogens is 1. The second-order valence-electron chi connectivity index (χ2n) is 4.65. The van der Waals surface area contributed by atoms with E-state index < -0.39 is 0 Å². The summed E-state index contributed by atoms with van der Waals surface area (Å²) < 4.78 is 5.13. The van der Waals surface area contributed by atoms with E-state index in [4.69, 9.17) is 10.5 Å². The normalized spacial score (nSPS) is 11.5. The van der Waals surface area contributed by atoms with E-state index in [1.165, 1.54) is 5.56 Å². The van der Waals surface area contributed by atoms with Crippen molar-refractivity contribution in [2.75, 3.05) is 7.11 Å². The molecule has 15 heavy (non-hydrogen) atoms. The van der Waals surface area contributed by atoms with Crippen LogP contribution >= 0.6 is 0 Å². The highest BCUT2D eigenvalue weighted by Crippen LogP contribution is 2.16. The summed E-state index contributed by atoms with van der Waals surface area (Å²) in [5.74, 6) is 0.680. The zero-order valence-electron chi connectivity index (χ0n) is 10.0. The van der Waals surface area contributed by atoms with E-state index in [1.54, 1.807) is 7.11 Å². The second-order valence-corrected chi connectivity index (χ2v) is 4.65. The Morgan fingerprint density at radius 3 is 2.60 bits per heavy atom. The van der Waals surface area contributed by atoms with Crippen LogP contribution in [0.1, 0.15) is 31.5 Å². The van der Waals surface area contributed by atoms with Crippen LogP contribution < -0.4 is 10.5 Å². The molecule has 3 nitrogen and oxygen atoms in total. The van der Waals surface area contributed by atoms with Gasteiger partial charge in [0.1, 0.15) is 0 Å². The van der Waals surface area contributed by atoms with E-state index in [1.807, 2.05) is 26.8 Å². The van der Waals surface area contributed by atoms with Crippen molar-refractivity contribution < 1.29 is 4.74 Å². The Bertz CT molecular complexity index is 329. The van der Waals surface area contributed by atoms with Crippen LogP contribution in [0.15, 0.2) is 12.1 Å². The summed E-state index contributed by atoms with van der Waals surface area (Å²) in [6.07, 6.45) is 1.92. The molecule has 1 heterocycles. The van der Waals surface area contributed by atoms with Crippen molar-refractivity contribution in [3.8, 4) is 5.88 Å². The van der Waals surface area contributed by atoms with E-state index in [0.29, 0.717) is 5.88 Å². The maximum Gasteiger partial charge on any atom is 0.213 e. The van der Waals surface area contributed by atoms with Gasteiger partial charge in [-0.25, -0.2) is 4.98 Å². The number of hydrogen-bond donors (Lipinski definition) is 1. The molecule has 84 valence electrons. The molecule has 0 amide bonds. The zero-order chi connectivity index (χ0) is 11.5. The third kappa shape index (κ3) is 4.30. The molecule has 0 spiro atoms. The standard InChI is InChI=1S/C12H20N2O/c1-9-7-10(5-6-12(2,3)13)8-11(14-9)15-4/h7-8H,5-6,13H2,1-4H3. The summed E-state index contributed by atoms with van der Waals surface area (Å²) in [4.78, 5) is 4.24. The highest BCUT2D eigenvalue weighted by atomic mass is 16.5. The summed E-state index contributed by atoms with van der Waals surface area (Å²) in [5, 5.41) is 0. The van der Waals surface area contributed by atoms with Gasteiger partial charge >= 0.3 is 0 Å². The highest BCUT2D eigenvalue weighted by molar-refractivity contribution is 5.24. The predicted molar refractivity (Wildman–Crippen MR) is 62.1 cm³/mol. The smallest absolute Gasteiger partial charge is 0.213 e. The van der Waals surface area contributed by atoms with Crippen LogP contribution in [0.3, 0.4) is 0 Å². The van der Waals surface area contributed by atoms with Gasteiger partial charge in [0, 0.05) is 17.3 Å². The molecule has 0 fully saturated rings. The number of hydrogen-bond acceptors (Lipinski definition) is 3. The fourth-order valence-corrected chi connectivity index (χ4v) is 1.42. The van der Waals surface area contributed by atoms with Crippen LogP contribution in [0.5, 0.6) is 5.88 Å². The van der Waals surface area contributed by atoms with Gasteiger partial charge in [0.15, 0.2) is 0 Å². The molecule has 1 aromatic rings. The Labute approximate surface area is 91.7 Å². The van der Waals surface area contributed by atoms with Crippen molar-refractivity contribution >= 4 is 0 Å². The van der Waals surface area contributed by atoms with E-state index in [-0.39, 0.29) is 5.54 Å². The maximum absolute atomic E-state index is 5.95. The van der Waals surface area contributed by atoms with E-state index in [2.05, 4.69) is 11.1 Å². The molecule has 0 aromatic carbocycles. The Balaban J connectivity index is 2.73. The van der Waals surface area contributed by atoms with Crippen molar-refractivity contribution in [2.45, 2.75) is 39.2 Å². The summed E-state index contributed by atoms with van der Waals surface area (Å²) in [7, 11) is 1.64. The second kappa shape index (κ2) is 4.62. The Morgan fingerprint density at radius 2 is 2.07 bits per heavy atom. The van der Waals surface area contributed by atoms with Crippen LogP contribution in [0.25, 0.3) is 0 Å². The molecule has 1 aromatic heterocycles. The molecule has 0 aliphatic heterocycles. The Kier molecular flexibility index (Phi) is 3.69. The van der Waals surface area contributed by atoms with Gasteiger partial charge in [-0.15, -0.1) is 0 Å². The van der Waals surface area contributed by atoms with Crippen molar-refractivity contribution in [2.24, 2.45) is 5.73 Å². The van der Waals surface area contributed by atoms with Crippen LogP contribution in [0.2, 0.25) is 0 Å². The van der Waals surface area contributed by atoms with Gasteiger partial charge in [-0.1, -0.05) is 0 Å². The van der Waals surface area contributed by atoms with E-state index >= 15 is 0 Å². The molecule has 0 saturated heterocycles. The maximum atomic E-state index is 5.95. The van der Waals surface area contributed by atoms with E-state index in [0.717, 1.165) is 18.5 Å². The summed E-state index contributed by atoms with van der Waals surface area (Å²) in [5.41, 5.74) is 8.04. The minimum atomic E-state index is -0.121. The zero-order valence-corrected chi connectivity index (χ0v) is 10.0.